The summed E-state index contributed by atoms with van der Waals surface area (Å²) in [5.74, 6) is -0.301. The molecule has 3 aromatic rings. The number of amides is 1. The molecule has 0 radical (unpaired) electrons. The van der Waals surface area contributed by atoms with Gasteiger partial charge < -0.3 is 9.88 Å². The minimum absolute atomic E-state index is 0.138. The summed E-state index contributed by atoms with van der Waals surface area (Å²) >= 11 is 0. The van der Waals surface area contributed by atoms with Gasteiger partial charge in [0.05, 0.1) is 5.69 Å². The number of aromatic nitrogens is 3. The summed E-state index contributed by atoms with van der Waals surface area (Å²) in [7, 11) is 0. The first-order valence-electron chi connectivity index (χ1n) is 8.66. The third kappa shape index (κ3) is 3.00. The molecule has 6 nitrogen and oxygen atoms in total. The lowest BCUT2D eigenvalue weighted by Crippen LogP contribution is -2.28. The standard InChI is InChI=1S/C19H19FN4O2/c1-12-5-6-16-15(9-12)18-19(26)23(7-8-24(18)22-16)11-17(25)21-14-4-2-3-13(20)10-14/h2-4,7-8,10,12H,5-6,9,11H2,1H3,(H,21,25). The van der Waals surface area contributed by atoms with Gasteiger partial charge in [0.25, 0.3) is 5.56 Å². The molecule has 0 saturated carbocycles. The Morgan fingerprint density at radius 3 is 3.04 bits per heavy atom. The molecule has 134 valence electrons. The molecule has 0 aliphatic heterocycles. The number of nitrogens with one attached hydrogen (secondary N) is 1. The number of rotatable bonds is 3. The highest BCUT2D eigenvalue weighted by Crippen LogP contribution is 2.26. The molecule has 0 bridgehead atoms. The van der Waals surface area contributed by atoms with Crippen LogP contribution in [0.5, 0.6) is 0 Å². The van der Waals surface area contributed by atoms with Gasteiger partial charge >= 0.3 is 0 Å². The van der Waals surface area contributed by atoms with Crippen LogP contribution in [0.4, 0.5) is 10.1 Å². The first-order valence-corrected chi connectivity index (χ1v) is 8.66. The van der Waals surface area contributed by atoms with Gasteiger partial charge in [0, 0.05) is 23.6 Å². The highest BCUT2D eigenvalue weighted by atomic mass is 19.1. The first-order chi connectivity index (χ1) is 12.5. The molecular formula is C19H19FN4O2. The van der Waals surface area contributed by atoms with E-state index >= 15 is 0 Å². The number of hydrogen-bond donors (Lipinski definition) is 1. The van der Waals surface area contributed by atoms with Crippen molar-refractivity contribution < 1.29 is 9.18 Å². The van der Waals surface area contributed by atoms with Crippen molar-refractivity contribution in [2.75, 3.05) is 5.32 Å². The lowest BCUT2D eigenvalue weighted by atomic mass is 9.88. The van der Waals surface area contributed by atoms with E-state index < -0.39 is 5.82 Å². The van der Waals surface area contributed by atoms with E-state index in [1.807, 2.05) is 0 Å². The number of halogens is 1. The predicted octanol–water partition coefficient (Wildman–Crippen LogP) is 2.40. The van der Waals surface area contributed by atoms with E-state index in [1.165, 1.54) is 22.8 Å². The fourth-order valence-electron chi connectivity index (χ4n) is 3.49. The summed E-state index contributed by atoms with van der Waals surface area (Å²) in [6, 6.07) is 5.65. The maximum Gasteiger partial charge on any atom is 0.277 e. The average Bonchev–Trinajstić information content (AvgIpc) is 2.96. The Balaban J connectivity index is 1.63. The van der Waals surface area contributed by atoms with Crippen molar-refractivity contribution in [3.63, 3.8) is 0 Å². The first kappa shape index (κ1) is 16.5. The van der Waals surface area contributed by atoms with Gasteiger partial charge in [0.2, 0.25) is 5.91 Å². The molecule has 0 saturated heterocycles. The quantitative estimate of drug-likeness (QED) is 0.785. The molecule has 26 heavy (non-hydrogen) atoms. The van der Waals surface area contributed by atoms with Gasteiger partial charge in [-0.2, -0.15) is 5.10 Å². The van der Waals surface area contributed by atoms with Crippen LogP contribution in [0.2, 0.25) is 0 Å². The number of anilines is 1. The van der Waals surface area contributed by atoms with Crippen molar-refractivity contribution in [3.05, 3.63) is 64.1 Å². The molecule has 2 aromatic heterocycles. The van der Waals surface area contributed by atoms with E-state index in [0.717, 1.165) is 30.5 Å². The number of fused-ring (bicyclic) bond motifs is 3. The van der Waals surface area contributed by atoms with Crippen LogP contribution in [0.1, 0.15) is 24.6 Å². The van der Waals surface area contributed by atoms with Gasteiger partial charge in [0.15, 0.2) is 0 Å². The van der Waals surface area contributed by atoms with Crippen molar-refractivity contribution in [1.82, 2.24) is 14.2 Å². The van der Waals surface area contributed by atoms with E-state index in [2.05, 4.69) is 17.3 Å². The van der Waals surface area contributed by atoms with Crippen LogP contribution in [-0.4, -0.2) is 20.1 Å². The van der Waals surface area contributed by atoms with Gasteiger partial charge in [0.1, 0.15) is 17.9 Å². The zero-order valence-corrected chi connectivity index (χ0v) is 14.4. The van der Waals surface area contributed by atoms with E-state index in [4.69, 9.17) is 0 Å². The second kappa shape index (κ2) is 6.40. The van der Waals surface area contributed by atoms with Crippen molar-refractivity contribution in [2.45, 2.75) is 32.7 Å². The highest BCUT2D eigenvalue weighted by Gasteiger charge is 2.23. The topological polar surface area (TPSA) is 68.4 Å². The van der Waals surface area contributed by atoms with Gasteiger partial charge in [-0.1, -0.05) is 13.0 Å². The molecule has 4 rings (SSSR count). The minimum atomic E-state index is -0.429. The van der Waals surface area contributed by atoms with E-state index in [1.54, 1.807) is 23.0 Å². The summed E-state index contributed by atoms with van der Waals surface area (Å²) in [5, 5.41) is 7.12. The maximum atomic E-state index is 13.2. The number of nitrogens with zero attached hydrogens (tertiary/aromatic N) is 3. The molecule has 1 N–H and O–H groups in total. The number of aryl methyl sites for hydroxylation is 1. The van der Waals surface area contributed by atoms with Gasteiger partial charge in [-0.15, -0.1) is 0 Å². The van der Waals surface area contributed by atoms with Crippen LogP contribution >= 0.6 is 0 Å². The summed E-state index contributed by atoms with van der Waals surface area (Å²) in [4.78, 5) is 25.1. The predicted molar refractivity (Wildman–Crippen MR) is 95.7 cm³/mol. The van der Waals surface area contributed by atoms with E-state index in [9.17, 15) is 14.0 Å². The molecule has 1 atom stereocenters. The Bertz CT molecular complexity index is 1050. The second-order valence-corrected chi connectivity index (χ2v) is 6.86. The largest absolute Gasteiger partial charge is 0.324 e. The van der Waals surface area contributed by atoms with Gasteiger partial charge in [-0.05, 0) is 43.4 Å². The van der Waals surface area contributed by atoms with E-state index in [0.29, 0.717) is 17.1 Å². The molecule has 1 unspecified atom stereocenters. The Kier molecular flexibility index (Phi) is 4.06. The zero-order valence-electron chi connectivity index (χ0n) is 14.4. The Morgan fingerprint density at radius 2 is 2.23 bits per heavy atom. The fraction of sp³-hybridized carbons (Fsp3) is 0.316. The van der Waals surface area contributed by atoms with Gasteiger partial charge in [-0.3, -0.25) is 9.59 Å². The number of carbonyl (C=O) groups is 1. The molecule has 7 heteroatoms. The SMILES string of the molecule is CC1CCc2nn3ccn(CC(=O)Nc4cccc(F)c4)c(=O)c3c2C1. The Labute approximate surface area is 149 Å². The third-order valence-electron chi connectivity index (χ3n) is 4.79. The molecule has 0 spiro atoms. The third-order valence-corrected chi connectivity index (χ3v) is 4.79. The lowest BCUT2D eigenvalue weighted by molar-refractivity contribution is -0.116. The van der Waals surface area contributed by atoms with Gasteiger partial charge in [-0.25, -0.2) is 8.91 Å². The summed E-state index contributed by atoms with van der Waals surface area (Å²) in [5.41, 5.74) is 2.65. The molecule has 1 amide bonds. The van der Waals surface area contributed by atoms with Crippen molar-refractivity contribution in [2.24, 2.45) is 5.92 Å². The second-order valence-electron chi connectivity index (χ2n) is 6.86. The number of carbonyl (C=O) groups excluding carboxylic acids is 1. The van der Waals surface area contributed by atoms with Crippen molar-refractivity contribution >= 4 is 17.1 Å². The minimum Gasteiger partial charge on any atom is -0.324 e. The monoisotopic (exact) mass is 354 g/mol. The molecule has 0 fully saturated rings. The summed E-state index contributed by atoms with van der Waals surface area (Å²) in [6.45, 7) is 2.03. The zero-order chi connectivity index (χ0) is 18.3. The number of hydrogen-bond acceptors (Lipinski definition) is 3. The smallest absolute Gasteiger partial charge is 0.277 e. The normalized spacial score (nSPS) is 16.5. The van der Waals surface area contributed by atoms with Crippen molar-refractivity contribution in [3.8, 4) is 0 Å². The Hall–Kier alpha value is -2.96. The van der Waals surface area contributed by atoms with Crippen LogP contribution < -0.4 is 10.9 Å². The van der Waals surface area contributed by atoms with Crippen LogP contribution in [0, 0.1) is 11.7 Å². The Morgan fingerprint density at radius 1 is 1.38 bits per heavy atom. The van der Waals surface area contributed by atoms with Crippen molar-refractivity contribution in [1.29, 1.82) is 0 Å². The summed E-state index contributed by atoms with van der Waals surface area (Å²) < 4.78 is 16.2. The maximum absolute atomic E-state index is 13.2. The highest BCUT2D eigenvalue weighted by molar-refractivity contribution is 5.90. The number of benzene rings is 1. The van der Waals surface area contributed by atoms with Crippen LogP contribution in [0.3, 0.4) is 0 Å². The fourth-order valence-corrected chi connectivity index (χ4v) is 3.49. The lowest BCUT2D eigenvalue weighted by Gasteiger charge is -2.16. The van der Waals surface area contributed by atoms with Crippen LogP contribution in [0.15, 0.2) is 41.5 Å². The van der Waals surface area contributed by atoms with Crippen LogP contribution in [-0.2, 0) is 24.2 Å². The van der Waals surface area contributed by atoms with E-state index in [-0.39, 0.29) is 18.0 Å². The van der Waals surface area contributed by atoms with Crippen LogP contribution in [0.25, 0.3) is 5.52 Å². The molecule has 1 aliphatic rings. The molecule has 2 heterocycles. The average molecular weight is 354 g/mol. The molecular weight excluding hydrogens is 335 g/mol. The summed E-state index contributed by atoms with van der Waals surface area (Å²) in [6.07, 6.45) is 6.03. The molecule has 1 aromatic carbocycles. The molecule has 1 aliphatic carbocycles.